The van der Waals surface area contributed by atoms with E-state index in [9.17, 15) is 4.79 Å². The number of nitrogens with one attached hydrogen (secondary N) is 1. The van der Waals surface area contributed by atoms with Crippen LogP contribution in [0.2, 0.25) is 0 Å². The lowest BCUT2D eigenvalue weighted by atomic mass is 10.2. The van der Waals surface area contributed by atoms with Gasteiger partial charge in [0.05, 0.1) is 6.26 Å². The van der Waals surface area contributed by atoms with E-state index >= 15 is 0 Å². The molecule has 2 aromatic rings. The molecule has 0 heterocycles. The fourth-order valence-electron chi connectivity index (χ4n) is 2.22. The lowest BCUT2D eigenvalue weighted by molar-refractivity contribution is -0.111. The number of hydrogen-bond donors (Lipinski definition) is 2. The van der Waals surface area contributed by atoms with Crippen molar-refractivity contribution in [2.24, 2.45) is 0 Å². The number of ether oxygens (including phenoxy) is 2. The van der Waals surface area contributed by atoms with Crippen molar-refractivity contribution in [1.29, 1.82) is 0 Å². The molecule has 29 heavy (non-hydrogen) atoms. The first-order chi connectivity index (χ1) is 13.8. The maximum Gasteiger partial charge on any atom is 0.248 e. The average molecular weight is 410 g/mol. The molecule has 0 spiro atoms. The lowest BCUT2D eigenvalue weighted by Crippen LogP contribution is -2.07. The predicted molar refractivity (Wildman–Crippen MR) is 123 cm³/mol. The number of rotatable bonds is 8. The van der Waals surface area contributed by atoms with Gasteiger partial charge in [0.2, 0.25) is 5.91 Å². The van der Waals surface area contributed by atoms with Crippen molar-refractivity contribution in [2.45, 2.75) is 32.6 Å². The van der Waals surface area contributed by atoms with Gasteiger partial charge in [0.1, 0.15) is 6.61 Å². The fourth-order valence-corrected chi connectivity index (χ4v) is 2.37. The van der Waals surface area contributed by atoms with Gasteiger partial charge in [0, 0.05) is 16.7 Å². The second-order valence-corrected chi connectivity index (χ2v) is 7.50. The molecule has 0 aliphatic heterocycles. The fraction of sp³-hybridized carbons (Fsp3) is 0.208. The SMILES string of the molecule is CC(C)=CCOc1ccc(/C=C/C(=O)Nc2ccc(S)cc2)cc1OC=C(C)C. The summed E-state index contributed by atoms with van der Waals surface area (Å²) in [5.41, 5.74) is 3.77. The van der Waals surface area contributed by atoms with Crippen molar-refractivity contribution >= 4 is 30.3 Å². The Labute approximate surface area is 178 Å². The molecule has 0 atom stereocenters. The van der Waals surface area contributed by atoms with Gasteiger partial charge in [-0.3, -0.25) is 4.79 Å². The van der Waals surface area contributed by atoms with E-state index in [1.807, 2.05) is 64.1 Å². The summed E-state index contributed by atoms with van der Waals surface area (Å²) in [6.07, 6.45) is 6.90. The van der Waals surface area contributed by atoms with Gasteiger partial charge in [-0.05, 0) is 87.4 Å². The summed E-state index contributed by atoms with van der Waals surface area (Å²) in [6.45, 7) is 8.43. The van der Waals surface area contributed by atoms with Crippen LogP contribution in [0.3, 0.4) is 0 Å². The molecule has 2 aromatic carbocycles. The number of hydrogen-bond acceptors (Lipinski definition) is 4. The third-order valence-electron chi connectivity index (χ3n) is 3.68. The molecular formula is C24H27NO3S. The zero-order valence-corrected chi connectivity index (χ0v) is 18.1. The van der Waals surface area contributed by atoms with E-state index < -0.39 is 0 Å². The smallest absolute Gasteiger partial charge is 0.248 e. The van der Waals surface area contributed by atoms with Crippen LogP contribution in [-0.2, 0) is 4.79 Å². The summed E-state index contributed by atoms with van der Waals surface area (Å²) >= 11 is 4.23. The first kappa shape index (κ1) is 22.4. The zero-order valence-electron chi connectivity index (χ0n) is 17.2. The van der Waals surface area contributed by atoms with Crippen LogP contribution in [0, 0.1) is 0 Å². The molecule has 2 rings (SSSR count). The molecule has 0 bridgehead atoms. The van der Waals surface area contributed by atoms with E-state index in [-0.39, 0.29) is 5.91 Å². The minimum Gasteiger partial charge on any atom is -0.486 e. The standard InChI is InChI=1S/C24H27NO3S/c1-17(2)13-14-27-22-11-5-19(15-23(22)28-16-18(3)4)6-12-24(26)25-20-7-9-21(29)10-8-20/h5-13,15-16,29H,14H2,1-4H3,(H,25,26)/b12-6+. The molecule has 0 saturated heterocycles. The second-order valence-electron chi connectivity index (χ2n) is 6.98. The molecule has 0 radical (unpaired) electrons. The predicted octanol–water partition coefficient (Wildman–Crippen LogP) is 6.27. The Hall–Kier alpha value is -2.92. The van der Waals surface area contributed by atoms with Crippen LogP contribution in [0.5, 0.6) is 11.5 Å². The minimum atomic E-state index is -0.215. The first-order valence-electron chi connectivity index (χ1n) is 9.32. The molecule has 0 unspecified atom stereocenters. The van der Waals surface area contributed by atoms with Crippen LogP contribution in [0.4, 0.5) is 5.69 Å². The van der Waals surface area contributed by atoms with Gasteiger partial charge in [-0.15, -0.1) is 12.6 Å². The van der Waals surface area contributed by atoms with Gasteiger partial charge in [-0.25, -0.2) is 0 Å². The lowest BCUT2D eigenvalue weighted by Gasteiger charge is -2.11. The number of benzene rings is 2. The molecule has 152 valence electrons. The van der Waals surface area contributed by atoms with E-state index in [0.717, 1.165) is 16.0 Å². The van der Waals surface area contributed by atoms with Gasteiger partial charge in [-0.1, -0.05) is 11.6 Å². The highest BCUT2D eigenvalue weighted by atomic mass is 32.1. The summed E-state index contributed by atoms with van der Waals surface area (Å²) in [5.74, 6) is 1.03. The highest BCUT2D eigenvalue weighted by Crippen LogP contribution is 2.29. The van der Waals surface area contributed by atoms with Gasteiger partial charge in [0.25, 0.3) is 0 Å². The number of anilines is 1. The van der Waals surface area contributed by atoms with Gasteiger partial charge < -0.3 is 14.8 Å². The maximum atomic E-state index is 12.2. The van der Waals surface area contributed by atoms with Gasteiger partial charge >= 0.3 is 0 Å². The van der Waals surface area contributed by atoms with Crippen molar-refractivity contribution in [1.82, 2.24) is 0 Å². The third kappa shape index (κ3) is 8.32. The number of amides is 1. The van der Waals surface area contributed by atoms with E-state index in [2.05, 4.69) is 17.9 Å². The molecular weight excluding hydrogens is 382 g/mol. The quantitative estimate of drug-likeness (QED) is 0.234. The molecule has 0 aliphatic carbocycles. The number of carbonyl (C=O) groups excluding carboxylic acids is 1. The van der Waals surface area contributed by atoms with Crippen LogP contribution in [0.25, 0.3) is 6.08 Å². The molecule has 0 saturated carbocycles. The normalized spacial score (nSPS) is 10.4. The van der Waals surface area contributed by atoms with E-state index in [1.165, 1.54) is 11.6 Å². The van der Waals surface area contributed by atoms with Crippen LogP contribution in [0.1, 0.15) is 33.3 Å². The van der Waals surface area contributed by atoms with Crippen molar-refractivity contribution in [3.05, 3.63) is 77.6 Å². The number of thiol groups is 1. The monoisotopic (exact) mass is 409 g/mol. The molecule has 1 amide bonds. The molecule has 0 aromatic heterocycles. The third-order valence-corrected chi connectivity index (χ3v) is 3.98. The van der Waals surface area contributed by atoms with Crippen molar-refractivity contribution in [3.63, 3.8) is 0 Å². The van der Waals surface area contributed by atoms with Crippen LogP contribution in [-0.4, -0.2) is 12.5 Å². The average Bonchev–Trinajstić information content (AvgIpc) is 2.67. The highest BCUT2D eigenvalue weighted by molar-refractivity contribution is 7.80. The Morgan fingerprint density at radius 3 is 2.38 bits per heavy atom. The minimum absolute atomic E-state index is 0.215. The zero-order chi connectivity index (χ0) is 21.2. The van der Waals surface area contributed by atoms with Crippen LogP contribution in [0.15, 0.2) is 76.9 Å². The summed E-state index contributed by atoms with van der Waals surface area (Å²) in [5, 5.41) is 2.81. The van der Waals surface area contributed by atoms with Crippen LogP contribution < -0.4 is 14.8 Å². The Morgan fingerprint density at radius 2 is 1.72 bits per heavy atom. The molecule has 5 heteroatoms. The molecule has 1 N–H and O–H groups in total. The first-order valence-corrected chi connectivity index (χ1v) is 9.76. The van der Waals surface area contributed by atoms with E-state index in [0.29, 0.717) is 23.8 Å². The summed E-state index contributed by atoms with van der Waals surface area (Å²) in [6, 6.07) is 12.8. The highest BCUT2D eigenvalue weighted by Gasteiger charge is 2.06. The number of allylic oxidation sites excluding steroid dienone is 2. The van der Waals surface area contributed by atoms with Crippen molar-refractivity contribution < 1.29 is 14.3 Å². The van der Waals surface area contributed by atoms with Gasteiger partial charge in [0.15, 0.2) is 11.5 Å². The Kier molecular flexibility index (Phi) is 8.62. The van der Waals surface area contributed by atoms with Crippen LogP contribution >= 0.6 is 12.6 Å². The topological polar surface area (TPSA) is 47.6 Å². The van der Waals surface area contributed by atoms with Gasteiger partial charge in [-0.2, -0.15) is 0 Å². The van der Waals surface area contributed by atoms with Crippen molar-refractivity contribution in [3.8, 4) is 11.5 Å². The van der Waals surface area contributed by atoms with E-state index in [4.69, 9.17) is 9.47 Å². The molecule has 0 fully saturated rings. The summed E-state index contributed by atoms with van der Waals surface area (Å²) in [7, 11) is 0. The molecule has 4 nitrogen and oxygen atoms in total. The summed E-state index contributed by atoms with van der Waals surface area (Å²) in [4.78, 5) is 13.0. The Morgan fingerprint density at radius 1 is 1.00 bits per heavy atom. The van der Waals surface area contributed by atoms with E-state index in [1.54, 1.807) is 24.5 Å². The molecule has 0 aliphatic rings. The summed E-state index contributed by atoms with van der Waals surface area (Å²) < 4.78 is 11.6. The Balaban J connectivity index is 2.12. The Bertz CT molecular complexity index is 920. The number of carbonyl (C=O) groups is 1. The largest absolute Gasteiger partial charge is 0.486 e. The van der Waals surface area contributed by atoms with Crippen molar-refractivity contribution in [2.75, 3.05) is 11.9 Å². The second kappa shape index (κ2) is 11.2. The maximum absolute atomic E-state index is 12.2.